The number of nitro groups is 1. The predicted molar refractivity (Wildman–Crippen MR) is 105 cm³/mol. The topological polar surface area (TPSA) is 85.1 Å². The summed E-state index contributed by atoms with van der Waals surface area (Å²) in [5.74, 6) is -0.300. The van der Waals surface area contributed by atoms with Crippen molar-refractivity contribution < 1.29 is 9.72 Å². The molecule has 0 fully saturated rings. The van der Waals surface area contributed by atoms with Crippen LogP contribution in [0.1, 0.15) is 33.6 Å². The molecule has 0 aliphatic heterocycles. The zero-order chi connectivity index (χ0) is 19.1. The number of amides is 1. The molecule has 1 aromatic heterocycles. The van der Waals surface area contributed by atoms with Gasteiger partial charge in [-0.25, -0.2) is 0 Å². The van der Waals surface area contributed by atoms with Crippen molar-refractivity contribution in [2.24, 2.45) is 0 Å². The molecule has 4 rings (SSSR count). The van der Waals surface area contributed by atoms with Gasteiger partial charge in [-0.1, -0.05) is 17.7 Å². The molecular formula is C20H16ClN3O3. The molecule has 0 atom stereocenters. The second-order valence-corrected chi connectivity index (χ2v) is 7.07. The van der Waals surface area contributed by atoms with Crippen molar-refractivity contribution in [3.8, 4) is 0 Å². The third kappa shape index (κ3) is 3.13. The number of rotatable bonds is 3. The smallest absolute Gasteiger partial charge is 0.271 e. The molecule has 0 bridgehead atoms. The number of non-ortho nitro benzene ring substituents is 1. The Kier molecular flexibility index (Phi) is 4.28. The molecule has 7 heteroatoms. The van der Waals surface area contributed by atoms with Crippen LogP contribution in [-0.4, -0.2) is 15.8 Å². The van der Waals surface area contributed by atoms with Gasteiger partial charge in [-0.2, -0.15) is 0 Å². The van der Waals surface area contributed by atoms with E-state index in [2.05, 4.69) is 10.3 Å². The Bertz CT molecular complexity index is 1110. The number of pyridine rings is 1. The zero-order valence-electron chi connectivity index (χ0n) is 14.6. The van der Waals surface area contributed by atoms with Crippen LogP contribution in [0.4, 0.5) is 11.4 Å². The Morgan fingerprint density at radius 3 is 2.81 bits per heavy atom. The Labute approximate surface area is 160 Å². The van der Waals surface area contributed by atoms with E-state index in [0.717, 1.165) is 41.6 Å². The SMILES string of the molecule is Cc1ccc([N+](=O)[O-])cc1NC(=O)c1c2c(nc3ccc(Cl)cc13)CCC2. The van der Waals surface area contributed by atoms with E-state index in [1.807, 2.05) is 6.07 Å². The molecule has 2 aromatic carbocycles. The molecule has 0 saturated heterocycles. The highest BCUT2D eigenvalue weighted by Crippen LogP contribution is 2.32. The normalized spacial score (nSPS) is 12.8. The van der Waals surface area contributed by atoms with Crippen molar-refractivity contribution in [2.45, 2.75) is 26.2 Å². The highest BCUT2D eigenvalue weighted by atomic mass is 35.5. The highest BCUT2D eigenvalue weighted by Gasteiger charge is 2.24. The molecule has 1 aliphatic rings. The number of hydrogen-bond acceptors (Lipinski definition) is 4. The summed E-state index contributed by atoms with van der Waals surface area (Å²) in [7, 11) is 0. The van der Waals surface area contributed by atoms with Gasteiger partial charge in [0.1, 0.15) is 0 Å². The van der Waals surface area contributed by atoms with Crippen molar-refractivity contribution >= 4 is 39.8 Å². The maximum absolute atomic E-state index is 13.2. The number of hydrogen-bond donors (Lipinski definition) is 1. The quantitative estimate of drug-likeness (QED) is 0.519. The van der Waals surface area contributed by atoms with Crippen LogP contribution in [0.3, 0.4) is 0 Å². The minimum absolute atomic E-state index is 0.0660. The van der Waals surface area contributed by atoms with Gasteiger partial charge >= 0.3 is 0 Å². The van der Waals surface area contributed by atoms with E-state index in [-0.39, 0.29) is 11.6 Å². The van der Waals surface area contributed by atoms with Crippen LogP contribution >= 0.6 is 11.6 Å². The van der Waals surface area contributed by atoms with Gasteiger partial charge in [-0.05, 0) is 55.5 Å². The van der Waals surface area contributed by atoms with Gasteiger partial charge in [0.2, 0.25) is 0 Å². The van der Waals surface area contributed by atoms with Crippen molar-refractivity contribution in [3.05, 3.63) is 73.9 Å². The van der Waals surface area contributed by atoms with E-state index < -0.39 is 4.92 Å². The fraction of sp³-hybridized carbons (Fsp3) is 0.200. The van der Waals surface area contributed by atoms with Gasteiger partial charge in [0.25, 0.3) is 11.6 Å². The van der Waals surface area contributed by atoms with Crippen LogP contribution in [0, 0.1) is 17.0 Å². The summed E-state index contributed by atoms with van der Waals surface area (Å²) in [5.41, 5.74) is 4.26. The maximum Gasteiger partial charge on any atom is 0.271 e. The molecule has 1 heterocycles. The van der Waals surface area contributed by atoms with Crippen LogP contribution in [0.2, 0.25) is 5.02 Å². The largest absolute Gasteiger partial charge is 0.321 e. The first-order chi connectivity index (χ1) is 12.9. The van der Waals surface area contributed by atoms with Crippen molar-refractivity contribution in [1.29, 1.82) is 0 Å². The molecule has 6 nitrogen and oxygen atoms in total. The van der Waals surface area contributed by atoms with E-state index in [1.165, 1.54) is 12.1 Å². The number of carbonyl (C=O) groups excluding carboxylic acids is 1. The summed E-state index contributed by atoms with van der Waals surface area (Å²) in [6, 6.07) is 9.74. The lowest BCUT2D eigenvalue weighted by Crippen LogP contribution is -2.16. The third-order valence-corrected chi connectivity index (χ3v) is 5.12. The van der Waals surface area contributed by atoms with Crippen LogP contribution < -0.4 is 5.32 Å². The standard InChI is InChI=1S/C20H16ClN3O3/c1-11-5-7-13(24(26)27)10-18(11)23-20(25)19-14-3-2-4-16(14)22-17-8-6-12(21)9-15(17)19/h5-10H,2-4H2,1H3,(H,23,25). The van der Waals surface area contributed by atoms with E-state index in [9.17, 15) is 14.9 Å². The molecule has 1 aliphatic carbocycles. The Hall–Kier alpha value is -2.99. The number of anilines is 1. The van der Waals surface area contributed by atoms with Crippen LogP contribution in [0.25, 0.3) is 10.9 Å². The summed E-state index contributed by atoms with van der Waals surface area (Å²) in [6.07, 6.45) is 2.56. The number of benzene rings is 2. The number of aryl methyl sites for hydroxylation is 2. The predicted octanol–water partition coefficient (Wildman–Crippen LogP) is 4.85. The summed E-state index contributed by atoms with van der Waals surface area (Å²) in [4.78, 5) is 28.4. The fourth-order valence-corrected chi connectivity index (χ4v) is 3.71. The zero-order valence-corrected chi connectivity index (χ0v) is 15.3. The minimum atomic E-state index is -0.478. The lowest BCUT2D eigenvalue weighted by atomic mass is 10.00. The van der Waals surface area contributed by atoms with Crippen molar-refractivity contribution in [2.75, 3.05) is 5.32 Å². The highest BCUT2D eigenvalue weighted by molar-refractivity contribution is 6.31. The molecule has 136 valence electrons. The molecule has 27 heavy (non-hydrogen) atoms. The van der Waals surface area contributed by atoms with Gasteiger partial charge in [-0.15, -0.1) is 0 Å². The van der Waals surface area contributed by atoms with Gasteiger partial charge in [0.15, 0.2) is 0 Å². The first kappa shape index (κ1) is 17.4. The number of fused-ring (bicyclic) bond motifs is 2. The van der Waals surface area contributed by atoms with E-state index >= 15 is 0 Å². The van der Waals surface area contributed by atoms with Gasteiger partial charge < -0.3 is 5.32 Å². The first-order valence-electron chi connectivity index (χ1n) is 8.61. The summed E-state index contributed by atoms with van der Waals surface area (Å²) >= 11 is 6.15. The molecule has 0 unspecified atom stereocenters. The number of carbonyl (C=O) groups is 1. The monoisotopic (exact) mass is 381 g/mol. The third-order valence-electron chi connectivity index (χ3n) is 4.88. The molecular weight excluding hydrogens is 366 g/mol. The van der Waals surface area contributed by atoms with Crippen molar-refractivity contribution in [3.63, 3.8) is 0 Å². The number of halogens is 1. The summed E-state index contributed by atoms with van der Waals surface area (Å²) in [5, 5.41) is 15.1. The van der Waals surface area contributed by atoms with Gasteiger partial charge in [0.05, 0.1) is 21.7 Å². The number of nitrogens with one attached hydrogen (secondary N) is 1. The number of aromatic nitrogens is 1. The Morgan fingerprint density at radius 2 is 2.04 bits per heavy atom. The number of nitrogens with zero attached hydrogens (tertiary/aromatic N) is 2. The van der Waals surface area contributed by atoms with Gasteiger partial charge in [-0.3, -0.25) is 19.9 Å². The first-order valence-corrected chi connectivity index (χ1v) is 8.99. The van der Waals surface area contributed by atoms with E-state index in [1.54, 1.807) is 25.1 Å². The second kappa shape index (κ2) is 6.63. The van der Waals surface area contributed by atoms with E-state index in [4.69, 9.17) is 11.6 Å². The molecule has 0 radical (unpaired) electrons. The lowest BCUT2D eigenvalue weighted by Gasteiger charge is -2.14. The second-order valence-electron chi connectivity index (χ2n) is 6.64. The fourth-order valence-electron chi connectivity index (χ4n) is 3.54. The van der Waals surface area contributed by atoms with Crippen LogP contribution in [0.15, 0.2) is 36.4 Å². The van der Waals surface area contributed by atoms with E-state index in [0.29, 0.717) is 21.7 Å². The molecule has 1 amide bonds. The molecule has 1 N–H and O–H groups in total. The average Bonchev–Trinajstić information content (AvgIpc) is 3.09. The summed E-state index contributed by atoms with van der Waals surface area (Å²) in [6.45, 7) is 1.80. The molecule has 0 saturated carbocycles. The van der Waals surface area contributed by atoms with Crippen LogP contribution in [0.5, 0.6) is 0 Å². The lowest BCUT2D eigenvalue weighted by molar-refractivity contribution is -0.384. The van der Waals surface area contributed by atoms with Crippen LogP contribution in [-0.2, 0) is 12.8 Å². The minimum Gasteiger partial charge on any atom is -0.321 e. The van der Waals surface area contributed by atoms with Crippen molar-refractivity contribution in [1.82, 2.24) is 4.98 Å². The average molecular weight is 382 g/mol. The molecule has 0 spiro atoms. The molecule has 3 aromatic rings. The van der Waals surface area contributed by atoms with Gasteiger partial charge in [0, 0.05) is 28.2 Å². The summed E-state index contributed by atoms with van der Waals surface area (Å²) < 4.78 is 0. The number of nitro benzene ring substituents is 1. The maximum atomic E-state index is 13.2. The Balaban J connectivity index is 1.83. The Morgan fingerprint density at radius 1 is 1.22 bits per heavy atom.